The van der Waals surface area contributed by atoms with Gasteiger partial charge in [0.15, 0.2) is 0 Å². The van der Waals surface area contributed by atoms with Crippen molar-refractivity contribution < 1.29 is 4.79 Å². The second-order valence-electron chi connectivity index (χ2n) is 8.32. The molecule has 32 heavy (non-hydrogen) atoms. The average Bonchev–Trinajstić information content (AvgIpc) is 3.21. The molecule has 0 unspecified atom stereocenters. The van der Waals surface area contributed by atoms with Crippen molar-refractivity contribution in [2.45, 2.75) is 40.2 Å². The van der Waals surface area contributed by atoms with Gasteiger partial charge in [-0.3, -0.25) is 14.2 Å². The number of nitrogens with zero attached hydrogens (tertiary/aromatic N) is 2. The highest BCUT2D eigenvalue weighted by Crippen LogP contribution is 2.20. The van der Waals surface area contributed by atoms with Crippen LogP contribution in [0.25, 0.3) is 15.9 Å². The molecule has 1 amide bonds. The molecule has 2 heterocycles. The zero-order chi connectivity index (χ0) is 23.0. The SMILES string of the molecule is Cc1cc(C)cc(-n2c(=O)c3sccc3n(CC(=O)Nc3cccc(C(C)C)c3)c2=O)c1. The number of carbonyl (C=O) groups is 1. The molecule has 1 N–H and O–H groups in total. The fourth-order valence-electron chi connectivity index (χ4n) is 3.87. The standard InChI is InChI=1S/C25H25N3O3S/c1-15(2)18-6-5-7-19(13-18)26-22(29)14-27-21-8-9-32-23(21)24(30)28(25(27)31)20-11-16(3)10-17(4)12-20/h5-13,15H,14H2,1-4H3,(H,26,29). The van der Waals surface area contributed by atoms with E-state index in [0.29, 0.717) is 27.5 Å². The molecule has 6 nitrogen and oxygen atoms in total. The first-order valence-corrected chi connectivity index (χ1v) is 11.3. The van der Waals surface area contributed by atoms with Crippen LogP contribution in [0.3, 0.4) is 0 Å². The molecule has 0 atom stereocenters. The molecule has 0 saturated heterocycles. The fourth-order valence-corrected chi connectivity index (χ4v) is 4.69. The predicted octanol–water partition coefficient (Wildman–Crippen LogP) is 4.59. The summed E-state index contributed by atoms with van der Waals surface area (Å²) in [6.45, 7) is 7.82. The third kappa shape index (κ3) is 4.16. The molecule has 7 heteroatoms. The summed E-state index contributed by atoms with van der Waals surface area (Å²) < 4.78 is 2.97. The summed E-state index contributed by atoms with van der Waals surface area (Å²) >= 11 is 1.27. The van der Waals surface area contributed by atoms with Gasteiger partial charge in [0.05, 0.1) is 11.2 Å². The molecule has 0 radical (unpaired) electrons. The number of anilines is 1. The van der Waals surface area contributed by atoms with Crippen LogP contribution >= 0.6 is 11.3 Å². The van der Waals surface area contributed by atoms with Gasteiger partial charge >= 0.3 is 5.69 Å². The molecule has 0 aliphatic heterocycles. The van der Waals surface area contributed by atoms with Crippen molar-refractivity contribution in [1.82, 2.24) is 9.13 Å². The maximum absolute atomic E-state index is 13.4. The van der Waals surface area contributed by atoms with Crippen molar-refractivity contribution in [3.63, 3.8) is 0 Å². The highest BCUT2D eigenvalue weighted by molar-refractivity contribution is 7.17. The Kier molecular flexibility index (Phi) is 5.84. The van der Waals surface area contributed by atoms with Crippen LogP contribution in [0, 0.1) is 13.8 Å². The number of thiophene rings is 1. The van der Waals surface area contributed by atoms with Gasteiger partial charge < -0.3 is 5.32 Å². The summed E-state index contributed by atoms with van der Waals surface area (Å²) in [5.74, 6) is 0.00683. The monoisotopic (exact) mass is 447 g/mol. The van der Waals surface area contributed by atoms with E-state index in [1.807, 2.05) is 44.2 Å². The number of aromatic nitrogens is 2. The van der Waals surface area contributed by atoms with Gasteiger partial charge in [-0.15, -0.1) is 11.3 Å². The summed E-state index contributed by atoms with van der Waals surface area (Å²) in [5, 5.41) is 4.64. The Bertz CT molecular complexity index is 1420. The first-order chi connectivity index (χ1) is 15.2. The van der Waals surface area contributed by atoms with Crippen LogP contribution in [-0.4, -0.2) is 15.0 Å². The van der Waals surface area contributed by atoms with Crippen molar-refractivity contribution >= 4 is 33.1 Å². The number of amides is 1. The van der Waals surface area contributed by atoms with E-state index in [1.54, 1.807) is 23.6 Å². The number of hydrogen-bond donors (Lipinski definition) is 1. The number of fused-ring (bicyclic) bond motifs is 1. The topological polar surface area (TPSA) is 73.1 Å². The zero-order valence-corrected chi connectivity index (χ0v) is 19.3. The Hall–Kier alpha value is -3.45. The van der Waals surface area contributed by atoms with Crippen molar-refractivity contribution in [3.8, 4) is 5.69 Å². The number of nitrogens with one attached hydrogen (secondary N) is 1. The molecule has 0 fully saturated rings. The van der Waals surface area contributed by atoms with Gasteiger partial charge in [0.1, 0.15) is 11.2 Å². The molecule has 0 aliphatic rings. The third-order valence-electron chi connectivity index (χ3n) is 5.36. The second-order valence-corrected chi connectivity index (χ2v) is 9.23. The van der Waals surface area contributed by atoms with Crippen LogP contribution in [0.4, 0.5) is 5.69 Å². The molecule has 2 aromatic carbocycles. The molecule has 4 rings (SSSR count). The minimum absolute atomic E-state index is 0.191. The van der Waals surface area contributed by atoms with Gasteiger partial charge in [0.25, 0.3) is 5.56 Å². The smallest absolute Gasteiger partial charge is 0.325 e. The number of hydrogen-bond acceptors (Lipinski definition) is 4. The quantitative estimate of drug-likeness (QED) is 0.486. The minimum Gasteiger partial charge on any atom is -0.325 e. The fraction of sp³-hybridized carbons (Fsp3) is 0.240. The van der Waals surface area contributed by atoms with E-state index in [4.69, 9.17) is 0 Å². The van der Waals surface area contributed by atoms with E-state index >= 15 is 0 Å². The van der Waals surface area contributed by atoms with Crippen molar-refractivity contribution in [2.75, 3.05) is 5.32 Å². The van der Waals surface area contributed by atoms with Gasteiger partial charge in [-0.25, -0.2) is 9.36 Å². The average molecular weight is 448 g/mol. The van der Waals surface area contributed by atoms with E-state index in [0.717, 1.165) is 21.3 Å². The van der Waals surface area contributed by atoms with Gasteiger partial charge in [0.2, 0.25) is 5.91 Å². The second kappa shape index (κ2) is 8.59. The summed E-state index contributed by atoms with van der Waals surface area (Å²) in [7, 11) is 0. The lowest BCUT2D eigenvalue weighted by atomic mass is 10.0. The first kappa shape index (κ1) is 21.8. The van der Waals surface area contributed by atoms with Crippen LogP contribution in [0.5, 0.6) is 0 Å². The molecule has 0 saturated carbocycles. The van der Waals surface area contributed by atoms with Gasteiger partial charge in [-0.05, 0) is 72.2 Å². The van der Waals surface area contributed by atoms with Crippen LogP contribution in [0.2, 0.25) is 0 Å². The van der Waals surface area contributed by atoms with Crippen molar-refractivity contribution in [1.29, 1.82) is 0 Å². The Morgan fingerprint density at radius 3 is 2.44 bits per heavy atom. The Morgan fingerprint density at radius 1 is 1.03 bits per heavy atom. The highest BCUT2D eigenvalue weighted by atomic mass is 32.1. The summed E-state index contributed by atoms with van der Waals surface area (Å²) in [6, 6.07) is 15.0. The lowest BCUT2D eigenvalue weighted by Crippen LogP contribution is -2.40. The van der Waals surface area contributed by atoms with Gasteiger partial charge in [-0.2, -0.15) is 0 Å². The highest BCUT2D eigenvalue weighted by Gasteiger charge is 2.18. The Morgan fingerprint density at radius 2 is 1.75 bits per heavy atom. The molecular weight excluding hydrogens is 422 g/mol. The van der Waals surface area contributed by atoms with Gasteiger partial charge in [-0.1, -0.05) is 32.0 Å². The molecule has 164 valence electrons. The maximum atomic E-state index is 13.4. The number of benzene rings is 2. The van der Waals surface area contributed by atoms with Crippen molar-refractivity contribution in [2.24, 2.45) is 0 Å². The molecular formula is C25H25N3O3S. The third-order valence-corrected chi connectivity index (χ3v) is 6.25. The normalized spacial score (nSPS) is 11.3. The lowest BCUT2D eigenvalue weighted by Gasteiger charge is -2.14. The lowest BCUT2D eigenvalue weighted by molar-refractivity contribution is -0.116. The van der Waals surface area contributed by atoms with E-state index in [-0.39, 0.29) is 18.0 Å². The number of aryl methyl sites for hydroxylation is 2. The molecule has 0 bridgehead atoms. The molecule has 2 aromatic heterocycles. The van der Waals surface area contributed by atoms with E-state index in [1.165, 1.54) is 15.9 Å². The Labute approximate surface area is 189 Å². The molecule has 0 spiro atoms. The van der Waals surface area contributed by atoms with Gasteiger partial charge in [0, 0.05) is 5.69 Å². The minimum atomic E-state index is -0.531. The van der Waals surface area contributed by atoms with E-state index < -0.39 is 5.69 Å². The summed E-state index contributed by atoms with van der Waals surface area (Å²) in [4.78, 5) is 39.4. The van der Waals surface area contributed by atoms with Crippen molar-refractivity contribution in [3.05, 3.63) is 91.4 Å². The van der Waals surface area contributed by atoms with Crippen LogP contribution in [0.15, 0.2) is 63.5 Å². The number of rotatable bonds is 5. The predicted molar refractivity (Wildman–Crippen MR) is 130 cm³/mol. The summed E-state index contributed by atoms with van der Waals surface area (Å²) in [6.07, 6.45) is 0. The Balaban J connectivity index is 1.77. The first-order valence-electron chi connectivity index (χ1n) is 10.5. The molecule has 4 aromatic rings. The largest absolute Gasteiger partial charge is 0.336 e. The maximum Gasteiger partial charge on any atom is 0.336 e. The van der Waals surface area contributed by atoms with Crippen LogP contribution < -0.4 is 16.6 Å². The van der Waals surface area contributed by atoms with E-state index in [2.05, 4.69) is 19.2 Å². The van der Waals surface area contributed by atoms with Crippen LogP contribution in [-0.2, 0) is 11.3 Å². The summed E-state index contributed by atoms with van der Waals surface area (Å²) in [5.41, 5.74) is 3.77. The number of carbonyl (C=O) groups excluding carboxylic acids is 1. The van der Waals surface area contributed by atoms with Crippen LogP contribution in [0.1, 0.15) is 36.5 Å². The zero-order valence-electron chi connectivity index (χ0n) is 18.5. The molecule has 0 aliphatic carbocycles. The van der Waals surface area contributed by atoms with E-state index in [9.17, 15) is 14.4 Å².